The predicted molar refractivity (Wildman–Crippen MR) is 116 cm³/mol. The molecule has 0 radical (unpaired) electrons. The van der Waals surface area contributed by atoms with Gasteiger partial charge in [0.2, 0.25) is 5.91 Å². The van der Waals surface area contributed by atoms with Crippen molar-refractivity contribution in [2.24, 2.45) is 0 Å². The minimum atomic E-state index is -0.726. The number of rotatable bonds is 6. The summed E-state index contributed by atoms with van der Waals surface area (Å²) in [5, 5.41) is 9.98. The smallest absolute Gasteiger partial charge is 0.252 e. The Morgan fingerprint density at radius 2 is 1.65 bits per heavy atom. The third-order valence-electron chi connectivity index (χ3n) is 5.38. The van der Waals surface area contributed by atoms with Gasteiger partial charge in [-0.15, -0.1) is 0 Å². The third kappa shape index (κ3) is 5.16. The predicted octanol–water partition coefficient (Wildman–Crippen LogP) is 1.93. The quantitative estimate of drug-likeness (QED) is 0.638. The Balaban J connectivity index is 1.43. The van der Waals surface area contributed by atoms with E-state index in [9.17, 15) is 9.59 Å². The first-order valence-corrected chi connectivity index (χ1v) is 10.4. The molecule has 2 N–H and O–H groups in total. The summed E-state index contributed by atoms with van der Waals surface area (Å²) in [6.07, 6.45) is 0. The first-order chi connectivity index (χ1) is 15.1. The van der Waals surface area contributed by atoms with Crippen molar-refractivity contribution in [1.82, 2.24) is 30.3 Å². The highest BCUT2D eigenvalue weighted by Gasteiger charge is 2.30. The molecule has 1 unspecified atom stereocenters. The summed E-state index contributed by atoms with van der Waals surface area (Å²) in [5.74, 6) is 1.20. The molecule has 1 aliphatic rings. The number of aryl methyl sites for hydroxylation is 1. The van der Waals surface area contributed by atoms with Crippen molar-refractivity contribution < 1.29 is 9.59 Å². The molecule has 4 rings (SSSR count). The lowest BCUT2D eigenvalue weighted by Crippen LogP contribution is -2.51. The molecule has 8 nitrogen and oxygen atoms in total. The van der Waals surface area contributed by atoms with Crippen LogP contribution in [0.1, 0.15) is 33.6 Å². The summed E-state index contributed by atoms with van der Waals surface area (Å²) >= 11 is 0. The maximum Gasteiger partial charge on any atom is 0.252 e. The fourth-order valence-corrected chi connectivity index (χ4v) is 3.71. The van der Waals surface area contributed by atoms with Gasteiger partial charge >= 0.3 is 0 Å². The van der Waals surface area contributed by atoms with Gasteiger partial charge in [0, 0.05) is 31.7 Å². The molecule has 0 saturated carbocycles. The normalized spacial score (nSPS) is 15.5. The van der Waals surface area contributed by atoms with Crippen molar-refractivity contribution in [2.75, 3.05) is 26.2 Å². The zero-order valence-electron chi connectivity index (χ0n) is 17.5. The van der Waals surface area contributed by atoms with E-state index in [4.69, 9.17) is 0 Å². The Kier molecular flexibility index (Phi) is 6.37. The average molecular weight is 419 g/mol. The molecular weight excluding hydrogens is 392 g/mol. The van der Waals surface area contributed by atoms with E-state index in [1.165, 1.54) is 0 Å². The molecule has 1 atom stereocenters. The highest BCUT2D eigenvalue weighted by atomic mass is 16.2. The van der Waals surface area contributed by atoms with Gasteiger partial charge in [-0.2, -0.15) is 5.10 Å². The van der Waals surface area contributed by atoms with Crippen LogP contribution in [0.5, 0.6) is 0 Å². The Labute approximate surface area is 181 Å². The van der Waals surface area contributed by atoms with E-state index in [1.54, 1.807) is 12.1 Å². The van der Waals surface area contributed by atoms with Crippen LogP contribution in [0, 0.1) is 6.92 Å². The standard InChI is InChI=1S/C23H26N6O2/c1-17-24-20(27-26-17)16-28-12-14-29(15-13-28)23(31)21(18-8-4-2-5-9-18)25-22(30)19-10-6-3-7-11-19/h2-11,21H,12-16H2,1H3,(H,25,30)(H,24,26,27). The Hall–Kier alpha value is -3.52. The molecule has 1 fully saturated rings. The summed E-state index contributed by atoms with van der Waals surface area (Å²) in [5.41, 5.74) is 1.30. The van der Waals surface area contributed by atoms with Crippen molar-refractivity contribution in [3.8, 4) is 0 Å². The fraction of sp³-hybridized carbons (Fsp3) is 0.304. The minimum absolute atomic E-state index is 0.0936. The number of amides is 2. The van der Waals surface area contributed by atoms with E-state index < -0.39 is 6.04 Å². The number of H-pyrrole nitrogens is 1. The maximum absolute atomic E-state index is 13.4. The van der Waals surface area contributed by atoms with Crippen LogP contribution >= 0.6 is 0 Å². The fourth-order valence-electron chi connectivity index (χ4n) is 3.71. The van der Waals surface area contributed by atoms with E-state index in [-0.39, 0.29) is 11.8 Å². The van der Waals surface area contributed by atoms with Crippen LogP contribution in [-0.4, -0.2) is 63.0 Å². The number of carbonyl (C=O) groups excluding carboxylic acids is 2. The molecule has 0 spiro atoms. The van der Waals surface area contributed by atoms with Gasteiger partial charge in [0.1, 0.15) is 11.9 Å². The van der Waals surface area contributed by atoms with Gasteiger partial charge < -0.3 is 10.2 Å². The number of hydrogen-bond donors (Lipinski definition) is 2. The molecule has 2 aromatic carbocycles. The summed E-state index contributed by atoms with van der Waals surface area (Å²) < 4.78 is 0. The first-order valence-electron chi connectivity index (χ1n) is 10.4. The number of carbonyl (C=O) groups is 2. The molecule has 0 bridgehead atoms. The van der Waals surface area contributed by atoms with E-state index >= 15 is 0 Å². The molecule has 8 heteroatoms. The molecule has 1 aromatic heterocycles. The van der Waals surface area contributed by atoms with E-state index in [0.29, 0.717) is 25.2 Å². The second-order valence-electron chi connectivity index (χ2n) is 7.62. The van der Waals surface area contributed by atoms with Gasteiger partial charge in [-0.25, -0.2) is 4.98 Å². The zero-order valence-corrected chi connectivity index (χ0v) is 17.5. The number of nitrogens with zero attached hydrogens (tertiary/aromatic N) is 4. The topological polar surface area (TPSA) is 94.2 Å². The molecule has 160 valence electrons. The van der Waals surface area contributed by atoms with Gasteiger partial charge in [0.25, 0.3) is 5.91 Å². The van der Waals surface area contributed by atoms with Gasteiger partial charge in [0.15, 0.2) is 5.82 Å². The Bertz CT molecular complexity index is 1010. The lowest BCUT2D eigenvalue weighted by Gasteiger charge is -2.36. The van der Waals surface area contributed by atoms with Crippen molar-refractivity contribution in [2.45, 2.75) is 19.5 Å². The van der Waals surface area contributed by atoms with Crippen molar-refractivity contribution in [3.63, 3.8) is 0 Å². The van der Waals surface area contributed by atoms with Crippen LogP contribution in [0.25, 0.3) is 0 Å². The first kappa shape index (κ1) is 20.7. The van der Waals surface area contributed by atoms with Crippen molar-refractivity contribution in [1.29, 1.82) is 0 Å². The number of piperazine rings is 1. The number of nitrogens with one attached hydrogen (secondary N) is 2. The minimum Gasteiger partial charge on any atom is -0.338 e. The molecule has 2 amide bonds. The second-order valence-corrected chi connectivity index (χ2v) is 7.62. The monoisotopic (exact) mass is 418 g/mol. The SMILES string of the molecule is Cc1nc(CN2CCN(C(=O)C(NC(=O)c3ccccc3)c3ccccc3)CC2)n[nH]1. The summed E-state index contributed by atoms with van der Waals surface area (Å²) in [6.45, 7) is 5.17. The largest absolute Gasteiger partial charge is 0.338 e. The van der Waals surface area contributed by atoms with Gasteiger partial charge in [-0.1, -0.05) is 48.5 Å². The van der Waals surface area contributed by atoms with Crippen molar-refractivity contribution in [3.05, 3.63) is 83.4 Å². The summed E-state index contributed by atoms with van der Waals surface area (Å²) in [4.78, 5) is 34.6. The molecule has 31 heavy (non-hydrogen) atoms. The number of aromatic nitrogens is 3. The van der Waals surface area contributed by atoms with E-state index in [0.717, 1.165) is 30.3 Å². The number of aromatic amines is 1. The molecule has 2 heterocycles. The third-order valence-corrected chi connectivity index (χ3v) is 5.38. The summed E-state index contributed by atoms with van der Waals surface area (Å²) in [7, 11) is 0. The van der Waals surface area contributed by atoms with Crippen LogP contribution in [-0.2, 0) is 11.3 Å². The van der Waals surface area contributed by atoms with E-state index in [2.05, 4.69) is 25.4 Å². The number of hydrogen-bond acceptors (Lipinski definition) is 5. The summed E-state index contributed by atoms with van der Waals surface area (Å²) in [6, 6.07) is 17.6. The lowest BCUT2D eigenvalue weighted by atomic mass is 10.0. The van der Waals surface area contributed by atoms with Crippen LogP contribution in [0.15, 0.2) is 60.7 Å². The van der Waals surface area contributed by atoms with E-state index in [1.807, 2.05) is 60.4 Å². The number of benzene rings is 2. The van der Waals surface area contributed by atoms with Crippen LogP contribution < -0.4 is 5.32 Å². The van der Waals surface area contributed by atoms with Gasteiger partial charge in [0.05, 0.1) is 6.54 Å². The molecular formula is C23H26N6O2. The Morgan fingerprint density at radius 3 is 2.26 bits per heavy atom. The molecule has 1 saturated heterocycles. The van der Waals surface area contributed by atoms with Crippen LogP contribution in [0.3, 0.4) is 0 Å². The average Bonchev–Trinajstić information content (AvgIpc) is 3.23. The van der Waals surface area contributed by atoms with Crippen LogP contribution in [0.2, 0.25) is 0 Å². The highest BCUT2D eigenvalue weighted by Crippen LogP contribution is 2.18. The van der Waals surface area contributed by atoms with Gasteiger partial charge in [-0.05, 0) is 24.6 Å². The zero-order chi connectivity index (χ0) is 21.6. The van der Waals surface area contributed by atoms with Crippen molar-refractivity contribution >= 4 is 11.8 Å². The van der Waals surface area contributed by atoms with Crippen LogP contribution in [0.4, 0.5) is 0 Å². The maximum atomic E-state index is 13.4. The molecule has 3 aromatic rings. The van der Waals surface area contributed by atoms with Gasteiger partial charge in [-0.3, -0.25) is 19.6 Å². The Morgan fingerprint density at radius 1 is 1.00 bits per heavy atom. The highest BCUT2D eigenvalue weighted by molar-refractivity contribution is 5.97. The second kappa shape index (κ2) is 9.53. The molecule has 0 aliphatic carbocycles. The molecule has 1 aliphatic heterocycles. The lowest BCUT2D eigenvalue weighted by molar-refractivity contribution is -0.135.